The van der Waals surface area contributed by atoms with Crippen LogP contribution in [-0.2, 0) is 9.53 Å². The number of carbonyl (C=O) groups excluding carboxylic acids is 2. The molecule has 0 aromatic heterocycles. The number of hydrogen-bond donors (Lipinski definition) is 1. The fourth-order valence-electron chi connectivity index (χ4n) is 2.72. The maximum atomic E-state index is 12.4. The van der Waals surface area contributed by atoms with Crippen molar-refractivity contribution in [2.75, 3.05) is 12.4 Å². The van der Waals surface area contributed by atoms with E-state index < -0.39 is 18.0 Å². The van der Waals surface area contributed by atoms with Crippen LogP contribution in [0.4, 0.5) is 5.69 Å². The summed E-state index contributed by atoms with van der Waals surface area (Å²) in [4.78, 5) is 24.8. The SMILES string of the molecule is COc1ccc(Cl)cc1NC(=O)C(C)OC(=O)c1ccc(-c2ccccc2)cc1. The molecule has 148 valence electrons. The smallest absolute Gasteiger partial charge is 0.338 e. The molecule has 6 heteroatoms. The molecule has 0 aliphatic rings. The zero-order chi connectivity index (χ0) is 20.8. The summed E-state index contributed by atoms with van der Waals surface area (Å²) in [6.07, 6.45) is -1.00. The molecule has 0 fully saturated rings. The third kappa shape index (κ3) is 5.15. The Morgan fingerprint density at radius 1 is 0.931 bits per heavy atom. The van der Waals surface area contributed by atoms with Crippen LogP contribution in [0.15, 0.2) is 72.8 Å². The lowest BCUT2D eigenvalue weighted by molar-refractivity contribution is -0.123. The predicted molar refractivity (Wildman–Crippen MR) is 113 cm³/mol. The number of rotatable bonds is 6. The van der Waals surface area contributed by atoms with Crippen molar-refractivity contribution in [1.29, 1.82) is 0 Å². The number of hydrogen-bond acceptors (Lipinski definition) is 4. The van der Waals surface area contributed by atoms with Gasteiger partial charge in [-0.25, -0.2) is 4.79 Å². The first-order valence-corrected chi connectivity index (χ1v) is 9.36. The third-order valence-corrected chi connectivity index (χ3v) is 4.54. The van der Waals surface area contributed by atoms with Gasteiger partial charge in [0.05, 0.1) is 18.4 Å². The molecule has 3 aromatic carbocycles. The quantitative estimate of drug-likeness (QED) is 0.568. The highest BCUT2D eigenvalue weighted by molar-refractivity contribution is 6.31. The summed E-state index contributed by atoms with van der Waals surface area (Å²) >= 11 is 5.97. The molecule has 0 heterocycles. The first-order valence-electron chi connectivity index (χ1n) is 8.99. The van der Waals surface area contributed by atoms with E-state index in [-0.39, 0.29) is 0 Å². The topological polar surface area (TPSA) is 64.6 Å². The van der Waals surface area contributed by atoms with Gasteiger partial charge in [-0.3, -0.25) is 4.79 Å². The number of esters is 1. The molecule has 1 atom stereocenters. The Morgan fingerprint density at radius 2 is 1.59 bits per heavy atom. The minimum Gasteiger partial charge on any atom is -0.495 e. The summed E-state index contributed by atoms with van der Waals surface area (Å²) in [6.45, 7) is 1.50. The number of halogens is 1. The van der Waals surface area contributed by atoms with Crippen LogP contribution in [0.5, 0.6) is 5.75 Å². The normalized spacial score (nSPS) is 11.4. The van der Waals surface area contributed by atoms with E-state index in [1.807, 2.05) is 42.5 Å². The highest BCUT2D eigenvalue weighted by Gasteiger charge is 2.20. The third-order valence-electron chi connectivity index (χ3n) is 4.30. The monoisotopic (exact) mass is 409 g/mol. The summed E-state index contributed by atoms with van der Waals surface area (Å²) in [5, 5.41) is 3.11. The van der Waals surface area contributed by atoms with Gasteiger partial charge >= 0.3 is 5.97 Å². The molecule has 29 heavy (non-hydrogen) atoms. The average Bonchev–Trinajstić information content (AvgIpc) is 2.74. The van der Waals surface area contributed by atoms with E-state index >= 15 is 0 Å². The molecule has 0 saturated heterocycles. The molecule has 0 aliphatic carbocycles. The van der Waals surface area contributed by atoms with Crippen LogP contribution in [0.1, 0.15) is 17.3 Å². The molecule has 0 aliphatic heterocycles. The molecule has 1 N–H and O–H groups in total. The molecule has 1 unspecified atom stereocenters. The average molecular weight is 410 g/mol. The Balaban J connectivity index is 1.64. The molecule has 1 amide bonds. The van der Waals surface area contributed by atoms with Crippen LogP contribution in [0.25, 0.3) is 11.1 Å². The van der Waals surface area contributed by atoms with Gasteiger partial charge in [0.2, 0.25) is 0 Å². The Bertz CT molecular complexity index is 1000. The van der Waals surface area contributed by atoms with E-state index in [2.05, 4.69) is 5.32 Å². The van der Waals surface area contributed by atoms with Gasteiger partial charge in [0.1, 0.15) is 5.75 Å². The molecule has 3 aromatic rings. The summed E-state index contributed by atoms with van der Waals surface area (Å²) in [7, 11) is 1.49. The van der Waals surface area contributed by atoms with E-state index in [1.54, 1.807) is 30.3 Å². The van der Waals surface area contributed by atoms with E-state index in [4.69, 9.17) is 21.1 Å². The van der Waals surface area contributed by atoms with Crippen LogP contribution in [0.2, 0.25) is 5.02 Å². The van der Waals surface area contributed by atoms with E-state index in [9.17, 15) is 9.59 Å². The first-order chi connectivity index (χ1) is 14.0. The summed E-state index contributed by atoms with van der Waals surface area (Å²) in [5.41, 5.74) is 2.81. The van der Waals surface area contributed by atoms with Crippen molar-refractivity contribution in [1.82, 2.24) is 0 Å². The summed E-state index contributed by atoms with van der Waals surface area (Å²) in [5.74, 6) is -0.608. The van der Waals surface area contributed by atoms with Gasteiger partial charge < -0.3 is 14.8 Å². The predicted octanol–water partition coefficient (Wildman–Crippen LogP) is 5.20. The van der Waals surface area contributed by atoms with Gasteiger partial charge in [-0.1, -0.05) is 54.1 Å². The van der Waals surface area contributed by atoms with Crippen molar-refractivity contribution in [3.8, 4) is 16.9 Å². The molecule has 3 rings (SSSR count). The fraction of sp³-hybridized carbons (Fsp3) is 0.130. The fourth-order valence-corrected chi connectivity index (χ4v) is 2.90. The standard InChI is InChI=1S/C23H20ClNO4/c1-15(22(26)25-20-14-19(24)12-13-21(20)28-2)29-23(27)18-10-8-17(9-11-18)16-6-4-3-5-7-16/h3-15H,1-2H3,(H,25,26). The van der Waals surface area contributed by atoms with Crippen LogP contribution in [0.3, 0.4) is 0 Å². The lowest BCUT2D eigenvalue weighted by atomic mass is 10.0. The molecule has 5 nitrogen and oxygen atoms in total. The van der Waals surface area contributed by atoms with Crippen molar-refractivity contribution >= 4 is 29.2 Å². The van der Waals surface area contributed by atoms with Gasteiger partial charge in [0.25, 0.3) is 5.91 Å². The van der Waals surface area contributed by atoms with Crippen LogP contribution in [0, 0.1) is 0 Å². The zero-order valence-corrected chi connectivity index (χ0v) is 16.8. The Labute approximate surface area is 174 Å². The van der Waals surface area contributed by atoms with Crippen LogP contribution in [-0.4, -0.2) is 25.1 Å². The molecular formula is C23H20ClNO4. The first kappa shape index (κ1) is 20.4. The Morgan fingerprint density at radius 3 is 2.24 bits per heavy atom. The van der Waals surface area contributed by atoms with E-state index in [0.717, 1.165) is 11.1 Å². The van der Waals surface area contributed by atoms with Crippen molar-refractivity contribution in [3.05, 3.63) is 83.4 Å². The largest absolute Gasteiger partial charge is 0.495 e. The number of anilines is 1. The second kappa shape index (κ2) is 9.26. The maximum Gasteiger partial charge on any atom is 0.338 e. The van der Waals surface area contributed by atoms with Gasteiger partial charge in [-0.15, -0.1) is 0 Å². The van der Waals surface area contributed by atoms with Crippen LogP contribution >= 0.6 is 11.6 Å². The number of ether oxygens (including phenoxy) is 2. The van der Waals surface area contributed by atoms with Gasteiger partial charge in [0, 0.05) is 5.02 Å². The van der Waals surface area contributed by atoms with Crippen molar-refractivity contribution in [3.63, 3.8) is 0 Å². The van der Waals surface area contributed by atoms with E-state index in [1.165, 1.54) is 14.0 Å². The maximum absolute atomic E-state index is 12.4. The van der Waals surface area contributed by atoms with E-state index in [0.29, 0.717) is 22.0 Å². The number of methoxy groups -OCH3 is 1. The lowest BCUT2D eigenvalue weighted by Crippen LogP contribution is -2.30. The minimum atomic E-state index is -1.00. The number of amides is 1. The molecule has 0 radical (unpaired) electrons. The highest BCUT2D eigenvalue weighted by atomic mass is 35.5. The lowest BCUT2D eigenvalue weighted by Gasteiger charge is -2.15. The molecular weight excluding hydrogens is 390 g/mol. The van der Waals surface area contributed by atoms with Gasteiger partial charge in [0.15, 0.2) is 6.10 Å². The second-order valence-corrected chi connectivity index (χ2v) is 6.76. The summed E-state index contributed by atoms with van der Waals surface area (Å²) < 4.78 is 10.5. The minimum absolute atomic E-state index is 0.365. The Kier molecular flexibility index (Phi) is 6.52. The Hall–Kier alpha value is -3.31. The van der Waals surface area contributed by atoms with Gasteiger partial charge in [-0.2, -0.15) is 0 Å². The molecule has 0 spiro atoms. The second-order valence-electron chi connectivity index (χ2n) is 6.32. The van der Waals surface area contributed by atoms with Crippen molar-refractivity contribution < 1.29 is 19.1 Å². The number of nitrogens with one attached hydrogen (secondary N) is 1. The van der Waals surface area contributed by atoms with Crippen LogP contribution < -0.4 is 10.1 Å². The number of benzene rings is 3. The molecule has 0 bridgehead atoms. The van der Waals surface area contributed by atoms with Crippen molar-refractivity contribution in [2.24, 2.45) is 0 Å². The highest BCUT2D eigenvalue weighted by Crippen LogP contribution is 2.28. The zero-order valence-electron chi connectivity index (χ0n) is 16.0. The van der Waals surface area contributed by atoms with Crippen molar-refractivity contribution in [2.45, 2.75) is 13.0 Å². The number of carbonyl (C=O) groups is 2. The molecule has 0 saturated carbocycles. The van der Waals surface area contributed by atoms with Gasteiger partial charge in [-0.05, 0) is 48.4 Å². The summed E-state index contributed by atoms with van der Waals surface area (Å²) in [6, 6.07) is 21.7.